The summed E-state index contributed by atoms with van der Waals surface area (Å²) in [6.07, 6.45) is 3.58. The van der Waals surface area contributed by atoms with Gasteiger partial charge in [-0.25, -0.2) is 4.98 Å². The number of aryl methyl sites for hydroxylation is 2. The number of thiazole rings is 1. The summed E-state index contributed by atoms with van der Waals surface area (Å²) in [5.41, 5.74) is 7.16. The molecule has 1 aromatic heterocycles. The smallest absolute Gasteiger partial charge is 0.112 e. The van der Waals surface area contributed by atoms with Gasteiger partial charge in [0.15, 0.2) is 0 Å². The molecule has 0 fully saturated rings. The molecule has 1 heterocycles. The average Bonchev–Trinajstić information content (AvgIpc) is 2.61. The fourth-order valence-electron chi connectivity index (χ4n) is 1.62. The standard InChI is InChI=1S/C9H14N2OS/c1-12-5-6(10)9-11-7-3-2-4-8(7)13-9/h6H,2-5,10H2,1H3. The number of nitrogens with two attached hydrogens (primary N) is 1. The van der Waals surface area contributed by atoms with E-state index >= 15 is 0 Å². The van der Waals surface area contributed by atoms with E-state index in [0.717, 1.165) is 11.4 Å². The van der Waals surface area contributed by atoms with E-state index < -0.39 is 0 Å². The monoisotopic (exact) mass is 198 g/mol. The molecule has 1 unspecified atom stereocenters. The van der Waals surface area contributed by atoms with E-state index in [0.29, 0.717) is 6.61 Å². The molecule has 4 heteroatoms. The minimum atomic E-state index is -0.0411. The maximum absolute atomic E-state index is 5.89. The Hall–Kier alpha value is -0.450. The van der Waals surface area contributed by atoms with Crippen molar-refractivity contribution in [3.05, 3.63) is 15.6 Å². The lowest BCUT2D eigenvalue weighted by Gasteiger charge is -2.05. The Bertz CT molecular complexity index is 276. The van der Waals surface area contributed by atoms with E-state index in [1.807, 2.05) is 0 Å². The molecule has 0 aromatic carbocycles. The van der Waals surface area contributed by atoms with Gasteiger partial charge in [-0.1, -0.05) is 0 Å². The first kappa shape index (κ1) is 9.12. The Morgan fingerprint density at radius 2 is 2.46 bits per heavy atom. The van der Waals surface area contributed by atoms with Gasteiger partial charge in [0.1, 0.15) is 5.01 Å². The second kappa shape index (κ2) is 3.74. The van der Waals surface area contributed by atoms with E-state index in [1.165, 1.54) is 23.4 Å². The quantitative estimate of drug-likeness (QED) is 0.796. The van der Waals surface area contributed by atoms with Crippen LogP contribution in [0, 0.1) is 0 Å². The summed E-state index contributed by atoms with van der Waals surface area (Å²) < 4.78 is 5.00. The van der Waals surface area contributed by atoms with Crippen molar-refractivity contribution < 1.29 is 4.74 Å². The van der Waals surface area contributed by atoms with Crippen LogP contribution in [0.5, 0.6) is 0 Å². The maximum atomic E-state index is 5.89. The first-order valence-corrected chi connectivity index (χ1v) is 5.36. The molecular weight excluding hydrogens is 184 g/mol. The number of hydrogen-bond donors (Lipinski definition) is 1. The highest BCUT2D eigenvalue weighted by molar-refractivity contribution is 7.11. The molecule has 0 radical (unpaired) electrons. The van der Waals surface area contributed by atoms with Crippen molar-refractivity contribution in [2.75, 3.05) is 13.7 Å². The average molecular weight is 198 g/mol. The summed E-state index contributed by atoms with van der Waals surface area (Å²) in [5, 5.41) is 1.03. The van der Waals surface area contributed by atoms with Gasteiger partial charge in [0, 0.05) is 12.0 Å². The van der Waals surface area contributed by atoms with Crippen molar-refractivity contribution in [2.24, 2.45) is 5.73 Å². The molecule has 3 nitrogen and oxygen atoms in total. The molecule has 1 aliphatic rings. The number of methoxy groups -OCH3 is 1. The first-order chi connectivity index (χ1) is 6.31. The van der Waals surface area contributed by atoms with Crippen LogP contribution in [0.25, 0.3) is 0 Å². The van der Waals surface area contributed by atoms with Crippen molar-refractivity contribution in [2.45, 2.75) is 25.3 Å². The SMILES string of the molecule is COCC(N)c1nc2c(s1)CCC2. The molecule has 1 aromatic rings. The van der Waals surface area contributed by atoms with Gasteiger partial charge in [-0.3, -0.25) is 0 Å². The summed E-state index contributed by atoms with van der Waals surface area (Å²) in [5.74, 6) is 0. The molecule has 2 N–H and O–H groups in total. The Kier molecular flexibility index (Phi) is 2.62. The van der Waals surface area contributed by atoms with Gasteiger partial charge in [-0.2, -0.15) is 0 Å². The van der Waals surface area contributed by atoms with Crippen molar-refractivity contribution in [3.63, 3.8) is 0 Å². The van der Waals surface area contributed by atoms with E-state index in [-0.39, 0.29) is 6.04 Å². The molecule has 72 valence electrons. The summed E-state index contributed by atoms with van der Waals surface area (Å²) in [7, 11) is 1.67. The van der Waals surface area contributed by atoms with Crippen LogP contribution >= 0.6 is 11.3 Å². The molecule has 0 aliphatic heterocycles. The first-order valence-electron chi connectivity index (χ1n) is 4.54. The van der Waals surface area contributed by atoms with E-state index in [9.17, 15) is 0 Å². The molecule has 1 atom stereocenters. The number of fused-ring (bicyclic) bond motifs is 1. The van der Waals surface area contributed by atoms with Gasteiger partial charge in [0.05, 0.1) is 18.3 Å². The van der Waals surface area contributed by atoms with Gasteiger partial charge >= 0.3 is 0 Å². The van der Waals surface area contributed by atoms with Crippen molar-refractivity contribution in [1.29, 1.82) is 0 Å². The Morgan fingerprint density at radius 3 is 3.15 bits per heavy atom. The van der Waals surface area contributed by atoms with Crippen LogP contribution in [0.15, 0.2) is 0 Å². The number of hydrogen-bond acceptors (Lipinski definition) is 4. The molecule has 0 saturated carbocycles. The van der Waals surface area contributed by atoms with Crippen LogP contribution in [-0.4, -0.2) is 18.7 Å². The predicted molar refractivity (Wildman–Crippen MR) is 52.9 cm³/mol. The molecule has 1 aliphatic carbocycles. The minimum Gasteiger partial charge on any atom is -0.383 e. The Morgan fingerprint density at radius 1 is 1.62 bits per heavy atom. The zero-order chi connectivity index (χ0) is 9.26. The lowest BCUT2D eigenvalue weighted by Crippen LogP contribution is -2.15. The second-order valence-electron chi connectivity index (χ2n) is 3.34. The van der Waals surface area contributed by atoms with Crippen LogP contribution in [0.1, 0.15) is 28.0 Å². The van der Waals surface area contributed by atoms with Crippen LogP contribution in [0.3, 0.4) is 0 Å². The van der Waals surface area contributed by atoms with Gasteiger partial charge in [0.2, 0.25) is 0 Å². The van der Waals surface area contributed by atoms with E-state index in [4.69, 9.17) is 10.5 Å². The lowest BCUT2D eigenvalue weighted by atomic mass is 10.3. The fourth-order valence-corrected chi connectivity index (χ4v) is 2.76. The number of rotatable bonds is 3. The molecule has 0 saturated heterocycles. The summed E-state index contributed by atoms with van der Waals surface area (Å²) >= 11 is 1.75. The maximum Gasteiger partial charge on any atom is 0.112 e. The molecule has 2 rings (SSSR count). The normalized spacial score (nSPS) is 17.4. The van der Waals surface area contributed by atoms with Crippen molar-refractivity contribution >= 4 is 11.3 Å². The third kappa shape index (κ3) is 1.75. The Balaban J connectivity index is 2.13. The molecule has 0 spiro atoms. The third-order valence-corrected chi connectivity index (χ3v) is 3.56. The molecule has 13 heavy (non-hydrogen) atoms. The predicted octanol–water partition coefficient (Wildman–Crippen LogP) is 1.28. The lowest BCUT2D eigenvalue weighted by molar-refractivity contribution is 0.180. The van der Waals surface area contributed by atoms with Gasteiger partial charge < -0.3 is 10.5 Å². The number of aromatic nitrogens is 1. The summed E-state index contributed by atoms with van der Waals surface area (Å²) in [6, 6.07) is -0.0411. The van der Waals surface area contributed by atoms with Crippen molar-refractivity contribution in [1.82, 2.24) is 4.98 Å². The zero-order valence-corrected chi connectivity index (χ0v) is 8.56. The highest BCUT2D eigenvalue weighted by Crippen LogP contribution is 2.29. The van der Waals surface area contributed by atoms with Gasteiger partial charge in [-0.05, 0) is 19.3 Å². The minimum absolute atomic E-state index is 0.0411. The Labute approximate surface area is 81.9 Å². The number of ether oxygens (including phenoxy) is 1. The van der Waals surface area contributed by atoms with E-state index in [1.54, 1.807) is 18.4 Å². The fraction of sp³-hybridized carbons (Fsp3) is 0.667. The van der Waals surface area contributed by atoms with Crippen molar-refractivity contribution in [3.8, 4) is 0 Å². The van der Waals surface area contributed by atoms with Crippen LogP contribution < -0.4 is 5.73 Å². The summed E-state index contributed by atoms with van der Waals surface area (Å²) in [4.78, 5) is 5.95. The topological polar surface area (TPSA) is 48.1 Å². The van der Waals surface area contributed by atoms with Gasteiger partial charge in [0.25, 0.3) is 0 Å². The van der Waals surface area contributed by atoms with E-state index in [2.05, 4.69) is 4.98 Å². The largest absolute Gasteiger partial charge is 0.383 e. The van der Waals surface area contributed by atoms with Crippen LogP contribution in [-0.2, 0) is 17.6 Å². The molecule has 0 amide bonds. The zero-order valence-electron chi connectivity index (χ0n) is 7.75. The highest BCUT2D eigenvalue weighted by atomic mass is 32.1. The third-order valence-electron chi connectivity index (χ3n) is 2.28. The van der Waals surface area contributed by atoms with Gasteiger partial charge in [-0.15, -0.1) is 11.3 Å². The van der Waals surface area contributed by atoms with Crippen LogP contribution in [0.2, 0.25) is 0 Å². The van der Waals surface area contributed by atoms with Crippen LogP contribution in [0.4, 0.5) is 0 Å². The second-order valence-corrected chi connectivity index (χ2v) is 4.45. The number of nitrogens with zero attached hydrogens (tertiary/aromatic N) is 1. The highest BCUT2D eigenvalue weighted by Gasteiger charge is 2.19. The molecule has 0 bridgehead atoms. The molecular formula is C9H14N2OS. The summed E-state index contributed by atoms with van der Waals surface area (Å²) in [6.45, 7) is 0.562.